The van der Waals surface area contributed by atoms with E-state index >= 15 is 0 Å². The van der Waals surface area contributed by atoms with Crippen LogP contribution in [-0.4, -0.2) is 55.6 Å². The summed E-state index contributed by atoms with van der Waals surface area (Å²) in [6.45, 7) is 6.94. The van der Waals surface area contributed by atoms with E-state index in [0.29, 0.717) is 19.6 Å². The van der Waals surface area contributed by atoms with E-state index in [2.05, 4.69) is 5.32 Å². The molecule has 138 valence electrons. The molecule has 0 radical (unpaired) electrons. The molecule has 2 aliphatic heterocycles. The number of nitrogens with one attached hydrogen (secondary N) is 1. The molecule has 1 spiro atoms. The van der Waals surface area contributed by atoms with Gasteiger partial charge in [0.1, 0.15) is 5.60 Å². The smallest absolute Gasteiger partial charge is 0.410 e. The molecule has 1 N–H and O–H groups in total. The second kappa shape index (κ2) is 6.29. The average Bonchev–Trinajstić information content (AvgIpc) is 2.74. The summed E-state index contributed by atoms with van der Waals surface area (Å²) >= 11 is 0. The normalized spacial score (nSPS) is 24.1. The van der Waals surface area contributed by atoms with Crippen LogP contribution < -0.4 is 5.32 Å². The Morgan fingerprint density at radius 2 is 1.92 bits per heavy atom. The van der Waals surface area contributed by atoms with Gasteiger partial charge >= 0.3 is 6.09 Å². The van der Waals surface area contributed by atoms with Gasteiger partial charge in [-0.1, -0.05) is 30.3 Å². The highest BCUT2D eigenvalue weighted by molar-refractivity contribution is 7.91. The van der Waals surface area contributed by atoms with E-state index in [9.17, 15) is 13.2 Å². The Balaban J connectivity index is 1.64. The zero-order chi connectivity index (χ0) is 18.3. The van der Waals surface area contributed by atoms with Gasteiger partial charge in [0.15, 0.2) is 9.84 Å². The minimum Gasteiger partial charge on any atom is -0.444 e. The number of carbonyl (C=O) groups excluding carboxylic acids is 1. The van der Waals surface area contributed by atoms with Gasteiger partial charge in [-0.3, -0.25) is 0 Å². The molecule has 0 aliphatic carbocycles. The van der Waals surface area contributed by atoms with E-state index in [1.165, 1.54) is 0 Å². The van der Waals surface area contributed by atoms with E-state index in [1.54, 1.807) is 4.90 Å². The third-order valence-corrected chi connectivity index (χ3v) is 6.58. The zero-order valence-electron chi connectivity index (χ0n) is 15.0. The summed E-state index contributed by atoms with van der Waals surface area (Å²) < 4.78 is 29.8. The fraction of sp³-hybridized carbons (Fsp3) is 0.611. The lowest BCUT2D eigenvalue weighted by Gasteiger charge is -2.50. The molecule has 1 aromatic carbocycles. The molecular weight excluding hydrogens is 340 g/mol. The number of amides is 1. The van der Waals surface area contributed by atoms with E-state index in [-0.39, 0.29) is 23.6 Å². The quantitative estimate of drug-likeness (QED) is 0.883. The van der Waals surface area contributed by atoms with Gasteiger partial charge in [-0.15, -0.1) is 0 Å². The number of sulfone groups is 1. The van der Waals surface area contributed by atoms with Gasteiger partial charge in [0, 0.05) is 31.1 Å². The standard InChI is InChI=1S/C18H26N2O4S/c1-17(2,3)24-16(21)20-11-18(12-20)13-25(22,23)10-15(18)19-9-14-7-5-4-6-8-14/h4-8,15,19H,9-13H2,1-3H3. The summed E-state index contributed by atoms with van der Waals surface area (Å²) in [4.78, 5) is 13.8. The topological polar surface area (TPSA) is 75.7 Å². The highest BCUT2D eigenvalue weighted by Gasteiger charge is 2.58. The summed E-state index contributed by atoms with van der Waals surface area (Å²) in [5.74, 6) is 0.258. The van der Waals surface area contributed by atoms with Crippen molar-refractivity contribution >= 4 is 15.9 Å². The third-order valence-electron chi connectivity index (χ3n) is 4.73. The fourth-order valence-electron chi connectivity index (χ4n) is 3.62. The van der Waals surface area contributed by atoms with Gasteiger partial charge in [-0.25, -0.2) is 13.2 Å². The molecule has 1 unspecified atom stereocenters. The number of likely N-dealkylation sites (tertiary alicyclic amines) is 1. The second-order valence-corrected chi connectivity index (χ2v) is 10.3. The summed E-state index contributed by atoms with van der Waals surface area (Å²) in [6, 6.07) is 9.76. The minimum atomic E-state index is -3.09. The number of nitrogens with zero attached hydrogens (tertiary/aromatic N) is 1. The van der Waals surface area contributed by atoms with Crippen molar-refractivity contribution in [2.45, 2.75) is 39.0 Å². The van der Waals surface area contributed by atoms with Crippen LogP contribution in [0.15, 0.2) is 30.3 Å². The van der Waals surface area contributed by atoms with Crippen molar-refractivity contribution in [2.24, 2.45) is 5.41 Å². The summed E-state index contributed by atoms with van der Waals surface area (Å²) in [7, 11) is -3.09. The summed E-state index contributed by atoms with van der Waals surface area (Å²) in [5.41, 5.74) is 0.169. The predicted molar refractivity (Wildman–Crippen MR) is 96.0 cm³/mol. The largest absolute Gasteiger partial charge is 0.444 e. The van der Waals surface area contributed by atoms with Crippen molar-refractivity contribution in [3.63, 3.8) is 0 Å². The molecule has 2 heterocycles. The van der Waals surface area contributed by atoms with Crippen LogP contribution in [0.2, 0.25) is 0 Å². The lowest BCUT2D eigenvalue weighted by molar-refractivity contribution is -0.0342. The number of hydrogen-bond donors (Lipinski definition) is 1. The maximum absolute atomic E-state index is 12.2. The first-order chi connectivity index (χ1) is 11.6. The van der Waals surface area contributed by atoms with Gasteiger partial charge in [-0.2, -0.15) is 0 Å². The van der Waals surface area contributed by atoms with Gasteiger partial charge < -0.3 is 15.0 Å². The van der Waals surface area contributed by atoms with E-state index < -0.39 is 20.9 Å². The maximum atomic E-state index is 12.2. The molecule has 1 amide bonds. The molecular formula is C18H26N2O4S. The van der Waals surface area contributed by atoms with Crippen LogP contribution in [0.5, 0.6) is 0 Å². The molecule has 2 fully saturated rings. The van der Waals surface area contributed by atoms with Gasteiger partial charge in [-0.05, 0) is 26.3 Å². The number of benzene rings is 1. The van der Waals surface area contributed by atoms with Crippen molar-refractivity contribution < 1.29 is 17.9 Å². The van der Waals surface area contributed by atoms with Crippen LogP contribution >= 0.6 is 0 Å². The molecule has 3 rings (SSSR count). The first-order valence-corrected chi connectivity index (χ1v) is 10.4. The highest BCUT2D eigenvalue weighted by Crippen LogP contribution is 2.41. The maximum Gasteiger partial charge on any atom is 0.410 e. The second-order valence-electron chi connectivity index (χ2n) is 8.17. The minimum absolute atomic E-state index is 0.127. The van der Waals surface area contributed by atoms with Crippen molar-refractivity contribution in [2.75, 3.05) is 24.6 Å². The van der Waals surface area contributed by atoms with Crippen LogP contribution in [0, 0.1) is 5.41 Å². The van der Waals surface area contributed by atoms with E-state index in [4.69, 9.17) is 4.74 Å². The number of hydrogen-bond acceptors (Lipinski definition) is 5. The number of carbonyl (C=O) groups is 1. The van der Waals surface area contributed by atoms with E-state index in [1.807, 2.05) is 51.1 Å². The lowest BCUT2D eigenvalue weighted by Crippen LogP contribution is -2.66. The van der Waals surface area contributed by atoms with Crippen molar-refractivity contribution in [1.29, 1.82) is 0 Å². The van der Waals surface area contributed by atoms with Gasteiger partial charge in [0.05, 0.1) is 11.5 Å². The molecule has 0 saturated carbocycles. The molecule has 0 aromatic heterocycles. The Hall–Kier alpha value is -1.60. The van der Waals surface area contributed by atoms with Crippen LogP contribution in [0.3, 0.4) is 0 Å². The van der Waals surface area contributed by atoms with Crippen LogP contribution in [0.4, 0.5) is 4.79 Å². The molecule has 2 aliphatic rings. The predicted octanol–water partition coefficient (Wildman–Crippen LogP) is 1.81. The van der Waals surface area contributed by atoms with Crippen molar-refractivity contribution in [3.8, 4) is 0 Å². The van der Waals surface area contributed by atoms with Gasteiger partial charge in [0.25, 0.3) is 0 Å². The molecule has 7 heteroatoms. The monoisotopic (exact) mass is 366 g/mol. The SMILES string of the molecule is CC(C)(C)OC(=O)N1CC2(C1)CS(=O)(=O)CC2NCc1ccccc1. The Bertz CT molecular complexity index is 734. The molecule has 0 bridgehead atoms. The summed E-state index contributed by atoms with van der Waals surface area (Å²) in [5, 5.41) is 3.40. The molecule has 6 nitrogen and oxygen atoms in total. The van der Waals surface area contributed by atoms with Crippen LogP contribution in [0.25, 0.3) is 0 Å². The lowest BCUT2D eigenvalue weighted by atomic mass is 9.76. The first-order valence-electron chi connectivity index (χ1n) is 8.54. The molecule has 1 atom stereocenters. The van der Waals surface area contributed by atoms with Crippen molar-refractivity contribution in [3.05, 3.63) is 35.9 Å². The Labute approximate surface area is 149 Å². The number of ether oxygens (including phenoxy) is 1. The third kappa shape index (κ3) is 4.15. The van der Waals surface area contributed by atoms with E-state index in [0.717, 1.165) is 5.56 Å². The summed E-state index contributed by atoms with van der Waals surface area (Å²) in [6.07, 6.45) is -0.371. The van der Waals surface area contributed by atoms with Crippen LogP contribution in [-0.2, 0) is 21.1 Å². The zero-order valence-corrected chi connectivity index (χ0v) is 15.8. The number of rotatable bonds is 3. The Morgan fingerprint density at radius 1 is 1.28 bits per heavy atom. The average molecular weight is 366 g/mol. The Morgan fingerprint density at radius 3 is 2.52 bits per heavy atom. The fourth-order valence-corrected chi connectivity index (χ4v) is 5.98. The highest BCUT2D eigenvalue weighted by atomic mass is 32.2. The first kappa shape index (κ1) is 18.2. The van der Waals surface area contributed by atoms with Crippen LogP contribution in [0.1, 0.15) is 26.3 Å². The molecule has 2 saturated heterocycles. The van der Waals surface area contributed by atoms with Crippen molar-refractivity contribution in [1.82, 2.24) is 10.2 Å². The van der Waals surface area contributed by atoms with Gasteiger partial charge in [0.2, 0.25) is 0 Å². The Kier molecular flexibility index (Phi) is 4.58. The molecule has 1 aromatic rings. The molecule has 25 heavy (non-hydrogen) atoms.